The summed E-state index contributed by atoms with van der Waals surface area (Å²) >= 11 is 0. The Labute approximate surface area is 192 Å². The van der Waals surface area contributed by atoms with Gasteiger partial charge in [0.2, 0.25) is 0 Å². The van der Waals surface area contributed by atoms with E-state index in [9.17, 15) is 13.2 Å². The number of nitrogens with one attached hydrogen (secondary N) is 2. The predicted molar refractivity (Wildman–Crippen MR) is 123 cm³/mol. The van der Waals surface area contributed by atoms with Gasteiger partial charge in [-0.2, -0.15) is 0 Å². The molecule has 8 nitrogen and oxygen atoms in total. The van der Waals surface area contributed by atoms with Crippen LogP contribution >= 0.6 is 0 Å². The Morgan fingerprint density at radius 1 is 0.939 bits per heavy atom. The van der Waals surface area contributed by atoms with E-state index in [1.807, 2.05) is 24.3 Å². The number of methoxy groups -OCH3 is 1. The Morgan fingerprint density at radius 3 is 2.39 bits per heavy atom. The van der Waals surface area contributed by atoms with E-state index < -0.39 is 15.9 Å². The standard InChI is InChI=1S/C24H24N2O6S/c1-30-16-18-8-6-17(7-9-18)15-25-24(27)20-4-2-3-5-21(20)26-33(28,29)19-10-11-22-23(14-19)32-13-12-31-22/h2-11,14,26H,12-13,15-16H2,1H3,(H,25,27). The fourth-order valence-electron chi connectivity index (χ4n) is 3.36. The number of amides is 1. The first-order chi connectivity index (χ1) is 16.0. The summed E-state index contributed by atoms with van der Waals surface area (Å²) in [6.07, 6.45) is 0. The molecule has 0 unspecified atom stereocenters. The van der Waals surface area contributed by atoms with Gasteiger partial charge in [-0.05, 0) is 35.4 Å². The highest BCUT2D eigenvalue weighted by atomic mass is 32.2. The lowest BCUT2D eigenvalue weighted by Crippen LogP contribution is -2.25. The van der Waals surface area contributed by atoms with Crippen LogP contribution in [0.3, 0.4) is 0 Å². The minimum Gasteiger partial charge on any atom is -0.486 e. The normalized spacial score (nSPS) is 12.8. The van der Waals surface area contributed by atoms with Gasteiger partial charge >= 0.3 is 0 Å². The molecule has 3 aromatic rings. The van der Waals surface area contributed by atoms with Crippen molar-refractivity contribution in [3.63, 3.8) is 0 Å². The van der Waals surface area contributed by atoms with Crippen LogP contribution in [0.2, 0.25) is 0 Å². The number of para-hydroxylation sites is 1. The van der Waals surface area contributed by atoms with Gasteiger partial charge in [-0.15, -0.1) is 0 Å². The van der Waals surface area contributed by atoms with E-state index in [2.05, 4.69) is 10.0 Å². The molecule has 0 saturated heterocycles. The van der Waals surface area contributed by atoms with E-state index >= 15 is 0 Å². The fourth-order valence-corrected chi connectivity index (χ4v) is 4.46. The largest absolute Gasteiger partial charge is 0.486 e. The summed E-state index contributed by atoms with van der Waals surface area (Å²) in [5.41, 5.74) is 2.35. The molecule has 9 heteroatoms. The molecule has 0 radical (unpaired) electrons. The maximum atomic E-state index is 13.0. The molecule has 1 aliphatic rings. The second-order valence-electron chi connectivity index (χ2n) is 7.39. The number of anilines is 1. The lowest BCUT2D eigenvalue weighted by molar-refractivity contribution is 0.0952. The van der Waals surface area contributed by atoms with Crippen LogP contribution in [0.15, 0.2) is 71.6 Å². The van der Waals surface area contributed by atoms with Crippen molar-refractivity contribution in [1.29, 1.82) is 0 Å². The zero-order valence-electron chi connectivity index (χ0n) is 18.0. The monoisotopic (exact) mass is 468 g/mol. The Hall–Kier alpha value is -3.56. The number of sulfonamides is 1. The Morgan fingerprint density at radius 2 is 1.64 bits per heavy atom. The van der Waals surface area contributed by atoms with Crippen LogP contribution in [0.1, 0.15) is 21.5 Å². The molecule has 0 saturated carbocycles. The Kier molecular flexibility index (Phi) is 6.81. The first-order valence-corrected chi connectivity index (χ1v) is 11.8. The molecular weight excluding hydrogens is 444 g/mol. The molecule has 3 aromatic carbocycles. The average Bonchev–Trinajstić information content (AvgIpc) is 2.83. The quantitative estimate of drug-likeness (QED) is 0.526. The second-order valence-corrected chi connectivity index (χ2v) is 9.07. The number of rotatable bonds is 8. The van der Waals surface area contributed by atoms with Gasteiger partial charge in [-0.1, -0.05) is 36.4 Å². The van der Waals surface area contributed by atoms with E-state index in [0.29, 0.717) is 37.9 Å². The van der Waals surface area contributed by atoms with Crippen LogP contribution in [-0.2, 0) is 27.9 Å². The van der Waals surface area contributed by atoms with Crippen molar-refractivity contribution in [1.82, 2.24) is 5.32 Å². The minimum atomic E-state index is -3.96. The van der Waals surface area contributed by atoms with Gasteiger partial charge in [-0.3, -0.25) is 9.52 Å². The molecule has 1 heterocycles. The number of hydrogen-bond donors (Lipinski definition) is 2. The van der Waals surface area contributed by atoms with Gasteiger partial charge in [0.25, 0.3) is 15.9 Å². The maximum Gasteiger partial charge on any atom is 0.262 e. The van der Waals surface area contributed by atoms with Crippen LogP contribution in [0.4, 0.5) is 5.69 Å². The molecule has 4 rings (SSSR count). The third-order valence-electron chi connectivity index (χ3n) is 5.03. The third kappa shape index (κ3) is 5.44. The van der Waals surface area contributed by atoms with Gasteiger partial charge in [-0.25, -0.2) is 8.42 Å². The summed E-state index contributed by atoms with van der Waals surface area (Å²) in [7, 11) is -2.33. The summed E-state index contributed by atoms with van der Waals surface area (Å²) < 4.78 is 44.5. The van der Waals surface area contributed by atoms with Crippen molar-refractivity contribution in [3.05, 3.63) is 83.4 Å². The van der Waals surface area contributed by atoms with Crippen molar-refractivity contribution in [2.75, 3.05) is 25.0 Å². The SMILES string of the molecule is COCc1ccc(CNC(=O)c2ccccc2NS(=O)(=O)c2ccc3c(c2)OCCO3)cc1. The van der Waals surface area contributed by atoms with Gasteiger partial charge < -0.3 is 19.5 Å². The summed E-state index contributed by atoms with van der Waals surface area (Å²) in [6, 6.07) is 18.5. The van der Waals surface area contributed by atoms with E-state index in [0.717, 1.165) is 11.1 Å². The maximum absolute atomic E-state index is 13.0. The van der Waals surface area contributed by atoms with E-state index in [4.69, 9.17) is 14.2 Å². The minimum absolute atomic E-state index is 0.0121. The number of hydrogen-bond acceptors (Lipinski definition) is 6. The number of fused-ring (bicyclic) bond motifs is 1. The molecule has 2 N–H and O–H groups in total. The molecule has 0 aliphatic carbocycles. The van der Waals surface area contributed by atoms with Crippen LogP contribution in [0.25, 0.3) is 0 Å². The zero-order chi connectivity index (χ0) is 23.3. The van der Waals surface area contributed by atoms with Crippen molar-refractivity contribution in [2.24, 2.45) is 0 Å². The number of ether oxygens (including phenoxy) is 3. The van der Waals surface area contributed by atoms with Crippen LogP contribution < -0.4 is 19.5 Å². The average molecular weight is 469 g/mol. The second kappa shape index (κ2) is 9.93. The molecule has 0 spiro atoms. The lowest BCUT2D eigenvalue weighted by atomic mass is 10.1. The third-order valence-corrected chi connectivity index (χ3v) is 6.39. The summed E-state index contributed by atoms with van der Waals surface area (Å²) in [6.45, 7) is 1.58. The molecular formula is C24H24N2O6S. The molecule has 0 fully saturated rings. The van der Waals surface area contributed by atoms with Crippen LogP contribution in [-0.4, -0.2) is 34.6 Å². The molecule has 1 amide bonds. The van der Waals surface area contributed by atoms with E-state index in [-0.39, 0.29) is 16.1 Å². The highest BCUT2D eigenvalue weighted by Gasteiger charge is 2.21. The summed E-state index contributed by atoms with van der Waals surface area (Å²) in [4.78, 5) is 12.8. The van der Waals surface area contributed by atoms with Crippen molar-refractivity contribution >= 4 is 21.6 Å². The van der Waals surface area contributed by atoms with Crippen LogP contribution in [0.5, 0.6) is 11.5 Å². The molecule has 0 atom stereocenters. The van der Waals surface area contributed by atoms with Gasteiger partial charge in [0, 0.05) is 19.7 Å². The Bertz CT molecular complexity index is 1240. The van der Waals surface area contributed by atoms with E-state index in [1.54, 1.807) is 37.4 Å². The summed E-state index contributed by atoms with van der Waals surface area (Å²) in [5.74, 6) is 0.471. The molecule has 0 bridgehead atoms. The first-order valence-electron chi connectivity index (χ1n) is 10.3. The van der Waals surface area contributed by atoms with Gasteiger partial charge in [0.05, 0.1) is 22.8 Å². The van der Waals surface area contributed by atoms with Crippen LogP contribution in [0, 0.1) is 0 Å². The predicted octanol–water partition coefficient (Wildman–Crippen LogP) is 3.34. The summed E-state index contributed by atoms with van der Waals surface area (Å²) in [5, 5.41) is 2.83. The number of benzene rings is 3. The van der Waals surface area contributed by atoms with Gasteiger partial charge in [0.1, 0.15) is 13.2 Å². The molecule has 172 valence electrons. The van der Waals surface area contributed by atoms with Crippen molar-refractivity contribution in [3.8, 4) is 11.5 Å². The smallest absolute Gasteiger partial charge is 0.262 e. The fraction of sp³-hybridized carbons (Fsp3) is 0.208. The zero-order valence-corrected chi connectivity index (χ0v) is 18.9. The first kappa shape index (κ1) is 22.6. The molecule has 1 aliphatic heterocycles. The van der Waals surface area contributed by atoms with Gasteiger partial charge in [0.15, 0.2) is 11.5 Å². The molecule has 0 aromatic heterocycles. The highest BCUT2D eigenvalue weighted by molar-refractivity contribution is 7.92. The number of carbonyl (C=O) groups is 1. The topological polar surface area (TPSA) is 103 Å². The molecule has 33 heavy (non-hydrogen) atoms. The lowest BCUT2D eigenvalue weighted by Gasteiger charge is -2.19. The number of carbonyl (C=O) groups excluding carboxylic acids is 1. The van der Waals surface area contributed by atoms with Crippen molar-refractivity contribution < 1.29 is 27.4 Å². The Balaban J connectivity index is 1.48. The van der Waals surface area contributed by atoms with E-state index in [1.165, 1.54) is 12.1 Å². The van der Waals surface area contributed by atoms with Crippen molar-refractivity contribution in [2.45, 2.75) is 18.0 Å². The highest BCUT2D eigenvalue weighted by Crippen LogP contribution is 2.33.